The van der Waals surface area contributed by atoms with E-state index in [1.165, 1.54) is 0 Å². The Hall–Kier alpha value is -0.690. The monoisotopic (exact) mass is 273 g/mol. The van der Waals surface area contributed by atoms with Gasteiger partial charge in [0.2, 0.25) is 5.91 Å². The molecule has 1 aliphatic rings. The van der Waals surface area contributed by atoms with Gasteiger partial charge in [-0.05, 0) is 13.8 Å². The first-order chi connectivity index (χ1) is 9.04. The van der Waals surface area contributed by atoms with Gasteiger partial charge in [-0.2, -0.15) is 0 Å². The van der Waals surface area contributed by atoms with Crippen molar-refractivity contribution in [2.75, 3.05) is 53.0 Å². The Labute approximate surface area is 115 Å². The van der Waals surface area contributed by atoms with Crippen molar-refractivity contribution in [3.63, 3.8) is 0 Å². The van der Waals surface area contributed by atoms with Crippen LogP contribution in [0.4, 0.5) is 0 Å². The summed E-state index contributed by atoms with van der Waals surface area (Å²) < 4.78 is 5.26. The molecule has 1 amide bonds. The molecule has 2 unspecified atom stereocenters. The second-order valence-corrected chi connectivity index (χ2v) is 5.05. The van der Waals surface area contributed by atoms with E-state index in [0.717, 1.165) is 26.3 Å². The average Bonchev–Trinajstić information content (AvgIpc) is 2.44. The third-order valence-corrected chi connectivity index (χ3v) is 3.45. The molecular formula is C13H27N3O3. The van der Waals surface area contributed by atoms with Crippen molar-refractivity contribution in [2.45, 2.75) is 26.0 Å². The molecule has 0 aromatic carbocycles. The molecule has 1 rings (SSSR count). The highest BCUT2D eigenvalue weighted by Crippen LogP contribution is 1.99. The highest BCUT2D eigenvalue weighted by Gasteiger charge is 2.19. The number of nitrogens with zero attached hydrogens (tertiary/aromatic N) is 2. The molecule has 0 radical (unpaired) electrons. The normalized spacial score (nSPS) is 20.0. The minimum Gasteiger partial charge on any atom is -0.390 e. The number of β-amino-alcohol motifs (C(OH)–C–C–N with tert-alkyl or cyclic N) is 1. The summed E-state index contributed by atoms with van der Waals surface area (Å²) in [6.45, 7) is 8.72. The second-order valence-electron chi connectivity index (χ2n) is 5.05. The summed E-state index contributed by atoms with van der Waals surface area (Å²) >= 11 is 0. The van der Waals surface area contributed by atoms with Crippen molar-refractivity contribution < 1.29 is 14.6 Å². The summed E-state index contributed by atoms with van der Waals surface area (Å²) in [6, 6.07) is -0.260. The maximum Gasteiger partial charge on any atom is 0.239 e. The highest BCUT2D eigenvalue weighted by molar-refractivity contribution is 5.81. The topological polar surface area (TPSA) is 65.0 Å². The maximum absolute atomic E-state index is 11.8. The number of ether oxygens (including phenoxy) is 1. The van der Waals surface area contributed by atoms with Gasteiger partial charge < -0.3 is 20.1 Å². The van der Waals surface area contributed by atoms with Crippen LogP contribution >= 0.6 is 0 Å². The number of amides is 1. The van der Waals surface area contributed by atoms with Gasteiger partial charge in [0.15, 0.2) is 0 Å². The van der Waals surface area contributed by atoms with Crippen LogP contribution in [-0.2, 0) is 9.53 Å². The number of rotatable bonds is 7. The van der Waals surface area contributed by atoms with E-state index >= 15 is 0 Å². The number of hydrogen-bond acceptors (Lipinski definition) is 5. The molecule has 0 bridgehead atoms. The fourth-order valence-electron chi connectivity index (χ4n) is 2.03. The number of carbonyl (C=O) groups excluding carboxylic acids is 1. The summed E-state index contributed by atoms with van der Waals surface area (Å²) in [7, 11) is 1.78. The molecule has 1 fully saturated rings. The predicted molar refractivity (Wildman–Crippen MR) is 74.0 cm³/mol. The molecule has 0 saturated carbocycles. The Morgan fingerprint density at radius 1 is 1.47 bits per heavy atom. The molecular weight excluding hydrogens is 246 g/mol. The minimum atomic E-state index is -0.458. The smallest absolute Gasteiger partial charge is 0.239 e. The molecule has 6 heteroatoms. The SMILES string of the molecule is CCN(C)C(=O)C(C)NCC(O)CN1CCOCC1. The Kier molecular flexibility index (Phi) is 7.30. The Morgan fingerprint density at radius 2 is 2.11 bits per heavy atom. The van der Waals surface area contributed by atoms with E-state index in [2.05, 4.69) is 10.2 Å². The van der Waals surface area contributed by atoms with Gasteiger partial charge in [0.1, 0.15) is 0 Å². The van der Waals surface area contributed by atoms with Crippen LogP contribution in [0.15, 0.2) is 0 Å². The van der Waals surface area contributed by atoms with Crippen molar-refractivity contribution in [3.05, 3.63) is 0 Å². The lowest BCUT2D eigenvalue weighted by Crippen LogP contribution is -2.48. The summed E-state index contributed by atoms with van der Waals surface area (Å²) in [5.74, 6) is 0.0565. The molecule has 2 atom stereocenters. The third kappa shape index (κ3) is 5.86. The van der Waals surface area contributed by atoms with Gasteiger partial charge >= 0.3 is 0 Å². The zero-order chi connectivity index (χ0) is 14.3. The van der Waals surface area contributed by atoms with Gasteiger partial charge in [-0.15, -0.1) is 0 Å². The first kappa shape index (κ1) is 16.4. The quantitative estimate of drug-likeness (QED) is 0.632. The summed E-state index contributed by atoms with van der Waals surface area (Å²) in [6.07, 6.45) is -0.458. The first-order valence-corrected chi connectivity index (χ1v) is 7.01. The number of aliphatic hydroxyl groups excluding tert-OH is 1. The van der Waals surface area contributed by atoms with Crippen molar-refractivity contribution in [1.29, 1.82) is 0 Å². The van der Waals surface area contributed by atoms with Crippen molar-refractivity contribution in [2.24, 2.45) is 0 Å². The van der Waals surface area contributed by atoms with Crippen LogP contribution in [0, 0.1) is 0 Å². The molecule has 2 N–H and O–H groups in total. The lowest BCUT2D eigenvalue weighted by molar-refractivity contribution is -0.131. The van der Waals surface area contributed by atoms with Crippen LogP contribution in [0.3, 0.4) is 0 Å². The van der Waals surface area contributed by atoms with E-state index in [-0.39, 0.29) is 11.9 Å². The average molecular weight is 273 g/mol. The standard InChI is InChI=1S/C13H27N3O3/c1-4-15(3)13(18)11(2)14-9-12(17)10-16-5-7-19-8-6-16/h11-12,14,17H,4-10H2,1-3H3. The fourth-order valence-corrected chi connectivity index (χ4v) is 2.03. The molecule has 0 spiro atoms. The Balaban J connectivity index is 2.21. The number of carbonyl (C=O) groups is 1. The first-order valence-electron chi connectivity index (χ1n) is 7.01. The highest BCUT2D eigenvalue weighted by atomic mass is 16.5. The van der Waals surface area contributed by atoms with Gasteiger partial charge in [-0.25, -0.2) is 0 Å². The van der Waals surface area contributed by atoms with Crippen molar-refractivity contribution >= 4 is 5.91 Å². The van der Waals surface area contributed by atoms with Gasteiger partial charge in [0.05, 0.1) is 25.4 Å². The number of nitrogens with one attached hydrogen (secondary N) is 1. The molecule has 112 valence electrons. The summed E-state index contributed by atoms with van der Waals surface area (Å²) in [4.78, 5) is 15.7. The van der Waals surface area contributed by atoms with Crippen LogP contribution in [0.1, 0.15) is 13.8 Å². The van der Waals surface area contributed by atoms with Crippen LogP contribution < -0.4 is 5.32 Å². The second kappa shape index (κ2) is 8.47. The third-order valence-electron chi connectivity index (χ3n) is 3.45. The van der Waals surface area contributed by atoms with E-state index < -0.39 is 6.10 Å². The molecule has 19 heavy (non-hydrogen) atoms. The zero-order valence-electron chi connectivity index (χ0n) is 12.3. The van der Waals surface area contributed by atoms with Crippen molar-refractivity contribution in [1.82, 2.24) is 15.1 Å². The largest absolute Gasteiger partial charge is 0.390 e. The minimum absolute atomic E-state index is 0.0565. The molecule has 0 aromatic heterocycles. The van der Waals surface area contributed by atoms with Gasteiger partial charge in [-0.1, -0.05) is 0 Å². The van der Waals surface area contributed by atoms with Crippen molar-refractivity contribution in [3.8, 4) is 0 Å². The van der Waals surface area contributed by atoms with Crippen LogP contribution in [0.5, 0.6) is 0 Å². The van der Waals surface area contributed by atoms with Gasteiger partial charge in [0, 0.05) is 39.8 Å². The molecule has 0 aliphatic carbocycles. The lowest BCUT2D eigenvalue weighted by atomic mass is 10.2. The van der Waals surface area contributed by atoms with E-state index in [0.29, 0.717) is 19.6 Å². The maximum atomic E-state index is 11.8. The zero-order valence-corrected chi connectivity index (χ0v) is 12.3. The summed E-state index contributed by atoms with van der Waals surface area (Å²) in [5.41, 5.74) is 0. The fraction of sp³-hybridized carbons (Fsp3) is 0.923. The van der Waals surface area contributed by atoms with Gasteiger partial charge in [-0.3, -0.25) is 9.69 Å². The van der Waals surface area contributed by atoms with Crippen LogP contribution in [0.25, 0.3) is 0 Å². The summed E-state index contributed by atoms with van der Waals surface area (Å²) in [5, 5.41) is 13.0. The van der Waals surface area contributed by atoms with Crippen LogP contribution in [-0.4, -0.2) is 85.9 Å². The molecule has 1 aliphatic heterocycles. The Bertz CT molecular complexity index is 270. The molecule has 6 nitrogen and oxygen atoms in total. The number of morpholine rings is 1. The number of hydrogen-bond donors (Lipinski definition) is 2. The predicted octanol–water partition coefficient (Wildman–Crippen LogP) is -0.864. The molecule has 1 saturated heterocycles. The number of likely N-dealkylation sites (N-methyl/N-ethyl adjacent to an activating group) is 1. The Morgan fingerprint density at radius 3 is 2.68 bits per heavy atom. The molecule has 0 aromatic rings. The lowest BCUT2D eigenvalue weighted by Gasteiger charge is -2.29. The van der Waals surface area contributed by atoms with E-state index in [9.17, 15) is 9.90 Å². The van der Waals surface area contributed by atoms with Gasteiger partial charge in [0.25, 0.3) is 0 Å². The van der Waals surface area contributed by atoms with E-state index in [1.807, 2.05) is 13.8 Å². The number of aliphatic hydroxyl groups is 1. The molecule has 1 heterocycles. The van der Waals surface area contributed by atoms with Crippen LogP contribution in [0.2, 0.25) is 0 Å². The van der Waals surface area contributed by atoms with E-state index in [4.69, 9.17) is 4.74 Å². The van der Waals surface area contributed by atoms with E-state index in [1.54, 1.807) is 11.9 Å².